The van der Waals surface area contributed by atoms with E-state index < -0.39 is 0 Å². The summed E-state index contributed by atoms with van der Waals surface area (Å²) in [5.74, 6) is 0. The van der Waals surface area contributed by atoms with E-state index in [1.165, 1.54) is 7.11 Å². The number of hydrogen-bond donors (Lipinski definition) is 0. The number of morpholine rings is 1. The second-order valence-corrected chi connectivity index (χ2v) is 3.33. The Bertz CT molecular complexity index is 184. The number of amides is 1. The molecule has 4 nitrogen and oxygen atoms in total. The molecule has 1 rings (SSSR count). The van der Waals surface area contributed by atoms with E-state index in [9.17, 15) is 4.79 Å². The third kappa shape index (κ3) is 2.34. The Labute approximate surface area is 78.8 Å². The summed E-state index contributed by atoms with van der Waals surface area (Å²) >= 11 is 0. The molecule has 1 fully saturated rings. The van der Waals surface area contributed by atoms with E-state index in [1.54, 1.807) is 4.90 Å². The minimum Gasteiger partial charge on any atom is -0.453 e. The van der Waals surface area contributed by atoms with Gasteiger partial charge in [-0.2, -0.15) is 0 Å². The Hall–Kier alpha value is -0.770. The van der Waals surface area contributed by atoms with Crippen molar-refractivity contribution in [3.05, 3.63) is 0 Å². The zero-order chi connectivity index (χ0) is 9.84. The summed E-state index contributed by atoms with van der Waals surface area (Å²) in [7, 11) is 1.41. The van der Waals surface area contributed by atoms with Gasteiger partial charge in [-0.1, -0.05) is 6.92 Å². The summed E-state index contributed by atoms with van der Waals surface area (Å²) < 4.78 is 10.2. The Morgan fingerprint density at radius 1 is 1.69 bits per heavy atom. The van der Waals surface area contributed by atoms with Crippen molar-refractivity contribution >= 4 is 6.09 Å². The number of hydrogen-bond acceptors (Lipinski definition) is 3. The van der Waals surface area contributed by atoms with Crippen molar-refractivity contribution in [2.24, 2.45) is 0 Å². The molecular formula is C9H17NO3. The van der Waals surface area contributed by atoms with Gasteiger partial charge in [0.2, 0.25) is 0 Å². The van der Waals surface area contributed by atoms with E-state index in [4.69, 9.17) is 9.47 Å². The summed E-state index contributed by atoms with van der Waals surface area (Å²) in [5.41, 5.74) is 0. The summed E-state index contributed by atoms with van der Waals surface area (Å²) in [4.78, 5) is 13.1. The largest absolute Gasteiger partial charge is 0.453 e. The third-order valence-electron chi connectivity index (χ3n) is 2.35. The van der Waals surface area contributed by atoms with Crippen LogP contribution >= 0.6 is 0 Å². The van der Waals surface area contributed by atoms with Crippen molar-refractivity contribution < 1.29 is 14.3 Å². The minimum atomic E-state index is -0.248. The van der Waals surface area contributed by atoms with Crippen LogP contribution < -0.4 is 0 Å². The zero-order valence-electron chi connectivity index (χ0n) is 8.45. The second kappa shape index (κ2) is 4.46. The van der Waals surface area contributed by atoms with Crippen LogP contribution in [0.4, 0.5) is 4.79 Å². The van der Waals surface area contributed by atoms with E-state index in [2.05, 4.69) is 0 Å². The van der Waals surface area contributed by atoms with Crippen LogP contribution in [0.15, 0.2) is 0 Å². The van der Waals surface area contributed by atoms with Crippen LogP contribution in [0, 0.1) is 0 Å². The molecule has 0 aliphatic carbocycles. The number of ether oxygens (including phenoxy) is 2. The van der Waals surface area contributed by atoms with Crippen molar-refractivity contribution in [3.8, 4) is 0 Å². The Kier molecular flexibility index (Phi) is 3.54. The molecule has 1 heterocycles. The van der Waals surface area contributed by atoms with E-state index in [0.717, 1.165) is 6.42 Å². The molecule has 1 amide bonds. The van der Waals surface area contributed by atoms with Crippen LogP contribution in [0.5, 0.6) is 0 Å². The smallest absolute Gasteiger partial charge is 0.409 e. The van der Waals surface area contributed by atoms with Crippen molar-refractivity contribution in [2.45, 2.75) is 32.4 Å². The molecule has 0 saturated carbocycles. The van der Waals surface area contributed by atoms with Crippen molar-refractivity contribution in [1.29, 1.82) is 0 Å². The van der Waals surface area contributed by atoms with Crippen LogP contribution in [-0.2, 0) is 9.47 Å². The molecule has 0 bridgehead atoms. The molecular weight excluding hydrogens is 170 g/mol. The van der Waals surface area contributed by atoms with Crippen molar-refractivity contribution in [2.75, 3.05) is 20.3 Å². The van der Waals surface area contributed by atoms with Gasteiger partial charge in [0.1, 0.15) is 0 Å². The highest BCUT2D eigenvalue weighted by atomic mass is 16.5. The standard InChI is InChI=1S/C9H17NO3/c1-4-8-6-13-7(2)5-10(8)9(11)12-3/h7-8H,4-6H2,1-3H3. The van der Waals surface area contributed by atoms with Crippen LogP contribution in [0.1, 0.15) is 20.3 Å². The topological polar surface area (TPSA) is 38.8 Å². The van der Waals surface area contributed by atoms with Gasteiger partial charge in [0.05, 0.1) is 32.4 Å². The Morgan fingerprint density at radius 3 is 2.92 bits per heavy atom. The van der Waals surface area contributed by atoms with E-state index in [1.807, 2.05) is 13.8 Å². The van der Waals surface area contributed by atoms with E-state index >= 15 is 0 Å². The lowest BCUT2D eigenvalue weighted by molar-refractivity contribution is -0.0486. The molecule has 2 atom stereocenters. The molecule has 0 aromatic rings. The minimum absolute atomic E-state index is 0.113. The van der Waals surface area contributed by atoms with Gasteiger partial charge >= 0.3 is 6.09 Å². The summed E-state index contributed by atoms with van der Waals surface area (Å²) in [5, 5.41) is 0. The number of carbonyl (C=O) groups is 1. The van der Waals surface area contributed by atoms with Gasteiger partial charge in [-0.15, -0.1) is 0 Å². The summed E-state index contributed by atoms with van der Waals surface area (Å²) in [6.45, 7) is 5.25. The molecule has 4 heteroatoms. The monoisotopic (exact) mass is 187 g/mol. The van der Waals surface area contributed by atoms with Crippen LogP contribution in [-0.4, -0.2) is 43.4 Å². The molecule has 0 N–H and O–H groups in total. The van der Waals surface area contributed by atoms with Crippen LogP contribution in [0.3, 0.4) is 0 Å². The fourth-order valence-corrected chi connectivity index (χ4v) is 1.52. The van der Waals surface area contributed by atoms with Crippen molar-refractivity contribution in [3.63, 3.8) is 0 Å². The first-order valence-electron chi connectivity index (χ1n) is 4.65. The molecule has 2 unspecified atom stereocenters. The lowest BCUT2D eigenvalue weighted by Gasteiger charge is -2.37. The molecule has 0 aromatic heterocycles. The number of nitrogens with zero attached hydrogens (tertiary/aromatic N) is 1. The lowest BCUT2D eigenvalue weighted by Crippen LogP contribution is -2.51. The quantitative estimate of drug-likeness (QED) is 0.620. The summed E-state index contributed by atoms with van der Waals surface area (Å²) in [6, 6.07) is 0.170. The molecule has 0 spiro atoms. The predicted molar refractivity (Wildman–Crippen MR) is 48.6 cm³/mol. The Morgan fingerprint density at radius 2 is 2.38 bits per heavy atom. The molecule has 1 aliphatic heterocycles. The molecule has 1 saturated heterocycles. The molecule has 0 radical (unpaired) electrons. The van der Waals surface area contributed by atoms with Gasteiger partial charge in [0, 0.05) is 0 Å². The highest BCUT2D eigenvalue weighted by Gasteiger charge is 2.29. The first-order valence-corrected chi connectivity index (χ1v) is 4.65. The van der Waals surface area contributed by atoms with Gasteiger partial charge in [-0.05, 0) is 13.3 Å². The molecule has 0 aromatic carbocycles. The highest BCUT2D eigenvalue weighted by molar-refractivity contribution is 5.68. The molecule has 1 aliphatic rings. The first-order chi connectivity index (χ1) is 6.19. The third-order valence-corrected chi connectivity index (χ3v) is 2.35. The molecule has 76 valence electrons. The average molecular weight is 187 g/mol. The maximum Gasteiger partial charge on any atom is 0.409 e. The van der Waals surface area contributed by atoms with Crippen molar-refractivity contribution in [1.82, 2.24) is 4.90 Å². The average Bonchev–Trinajstić information content (AvgIpc) is 2.16. The summed E-state index contributed by atoms with van der Waals surface area (Å²) in [6.07, 6.45) is 0.769. The van der Waals surface area contributed by atoms with Gasteiger partial charge in [-0.25, -0.2) is 4.79 Å². The van der Waals surface area contributed by atoms with Gasteiger partial charge in [0.15, 0.2) is 0 Å². The normalized spacial score (nSPS) is 28.7. The van der Waals surface area contributed by atoms with Crippen LogP contribution in [0.25, 0.3) is 0 Å². The fraction of sp³-hybridized carbons (Fsp3) is 0.889. The highest BCUT2D eigenvalue weighted by Crippen LogP contribution is 2.14. The maximum atomic E-state index is 11.3. The predicted octanol–water partition coefficient (Wildman–Crippen LogP) is 1.25. The molecule has 13 heavy (non-hydrogen) atoms. The van der Waals surface area contributed by atoms with E-state index in [-0.39, 0.29) is 18.2 Å². The van der Waals surface area contributed by atoms with Gasteiger partial charge in [-0.3, -0.25) is 0 Å². The number of methoxy groups -OCH3 is 1. The fourth-order valence-electron chi connectivity index (χ4n) is 1.52. The zero-order valence-corrected chi connectivity index (χ0v) is 8.45. The van der Waals surface area contributed by atoms with Gasteiger partial charge < -0.3 is 14.4 Å². The van der Waals surface area contributed by atoms with Crippen LogP contribution in [0.2, 0.25) is 0 Å². The number of rotatable bonds is 1. The lowest BCUT2D eigenvalue weighted by atomic mass is 10.1. The second-order valence-electron chi connectivity index (χ2n) is 3.33. The SMILES string of the molecule is CCC1COC(C)CN1C(=O)OC. The maximum absolute atomic E-state index is 11.3. The van der Waals surface area contributed by atoms with Gasteiger partial charge in [0.25, 0.3) is 0 Å². The Balaban J connectivity index is 2.59. The van der Waals surface area contributed by atoms with E-state index in [0.29, 0.717) is 13.2 Å². The first kappa shape index (κ1) is 10.3. The number of carbonyl (C=O) groups excluding carboxylic acids is 1.